The summed E-state index contributed by atoms with van der Waals surface area (Å²) < 4.78 is 1.77. The number of aryl methyl sites for hydroxylation is 1. The van der Waals surface area contributed by atoms with Crippen LogP contribution in [0.3, 0.4) is 0 Å². The number of nitrogens with zero attached hydrogens (tertiary/aromatic N) is 4. The molecule has 1 saturated carbocycles. The first-order valence-corrected chi connectivity index (χ1v) is 9.92. The lowest BCUT2D eigenvalue weighted by molar-refractivity contribution is 0.0730. The van der Waals surface area contributed by atoms with Crippen LogP contribution in [0.4, 0.5) is 5.82 Å². The first kappa shape index (κ1) is 18.2. The molecule has 0 spiro atoms. The van der Waals surface area contributed by atoms with Gasteiger partial charge in [-0.2, -0.15) is 5.10 Å². The average Bonchev–Trinajstić information content (AvgIpc) is 3.53. The number of terminal acetylenes is 1. The Kier molecular flexibility index (Phi) is 4.18. The van der Waals surface area contributed by atoms with Crippen molar-refractivity contribution in [3.8, 4) is 12.3 Å². The molecule has 1 amide bonds. The molecule has 2 aromatic heterocycles. The summed E-state index contributed by atoms with van der Waals surface area (Å²) in [7, 11) is 1.87. The number of nitrogens with two attached hydrogens (primary N) is 1. The number of rotatable bonds is 4. The Morgan fingerprint density at radius 1 is 1.23 bits per heavy atom. The van der Waals surface area contributed by atoms with Gasteiger partial charge in [-0.05, 0) is 48.7 Å². The third-order valence-electron chi connectivity index (χ3n) is 5.68. The van der Waals surface area contributed by atoms with E-state index in [4.69, 9.17) is 12.2 Å². The van der Waals surface area contributed by atoms with E-state index >= 15 is 0 Å². The summed E-state index contributed by atoms with van der Waals surface area (Å²) in [4.78, 5) is 19.9. The summed E-state index contributed by atoms with van der Waals surface area (Å²) in [6.07, 6.45) is 9.22. The van der Waals surface area contributed by atoms with Gasteiger partial charge in [0.05, 0.1) is 22.6 Å². The number of nitrogen functional groups attached to an aromatic ring is 1. The fourth-order valence-electron chi connectivity index (χ4n) is 3.91. The van der Waals surface area contributed by atoms with Crippen LogP contribution in [-0.2, 0) is 13.6 Å². The van der Waals surface area contributed by atoms with Crippen molar-refractivity contribution in [2.24, 2.45) is 7.05 Å². The maximum absolute atomic E-state index is 13.4. The smallest absolute Gasteiger partial charge is 0.254 e. The van der Waals surface area contributed by atoms with Crippen molar-refractivity contribution in [1.29, 1.82) is 0 Å². The molecular formula is C24H21N5O. The van der Waals surface area contributed by atoms with Crippen molar-refractivity contribution in [3.05, 3.63) is 65.4 Å². The number of anilines is 1. The molecule has 148 valence electrons. The number of fused-ring (bicyclic) bond motifs is 3. The highest BCUT2D eigenvalue weighted by molar-refractivity contribution is 6.10. The van der Waals surface area contributed by atoms with Crippen molar-refractivity contribution < 1.29 is 4.79 Å². The van der Waals surface area contributed by atoms with Gasteiger partial charge in [-0.1, -0.05) is 18.1 Å². The van der Waals surface area contributed by atoms with Crippen molar-refractivity contribution in [1.82, 2.24) is 19.7 Å². The minimum absolute atomic E-state index is 0.0209. The molecule has 0 atom stereocenters. The molecule has 6 nitrogen and oxygen atoms in total. The van der Waals surface area contributed by atoms with Crippen LogP contribution in [-0.4, -0.2) is 31.6 Å². The lowest BCUT2D eigenvalue weighted by Crippen LogP contribution is -2.32. The highest BCUT2D eigenvalue weighted by atomic mass is 16.2. The minimum atomic E-state index is 0.0209. The summed E-state index contributed by atoms with van der Waals surface area (Å²) in [5.74, 6) is 3.09. The number of carbonyl (C=O) groups excluding carboxylic acids is 1. The van der Waals surface area contributed by atoms with Gasteiger partial charge < -0.3 is 10.6 Å². The topological polar surface area (TPSA) is 77.0 Å². The number of amides is 1. The molecule has 0 aliphatic heterocycles. The zero-order valence-corrected chi connectivity index (χ0v) is 16.7. The Balaban J connectivity index is 1.53. The molecule has 1 fully saturated rings. The fraction of sp³-hybridized carbons (Fsp3) is 0.208. The van der Waals surface area contributed by atoms with Crippen LogP contribution in [0, 0.1) is 12.3 Å². The molecule has 2 N–H and O–H groups in total. The van der Waals surface area contributed by atoms with E-state index in [2.05, 4.69) is 16.0 Å². The van der Waals surface area contributed by atoms with E-state index < -0.39 is 0 Å². The molecule has 1 aliphatic carbocycles. The van der Waals surface area contributed by atoms with Crippen LogP contribution in [0.1, 0.15) is 34.3 Å². The lowest BCUT2D eigenvalue weighted by atomic mass is 10.1. The summed E-state index contributed by atoms with van der Waals surface area (Å²) in [6, 6.07) is 13.7. The number of benzene rings is 2. The number of hydrogen-bond acceptors (Lipinski definition) is 4. The zero-order valence-electron chi connectivity index (χ0n) is 16.7. The van der Waals surface area contributed by atoms with Crippen molar-refractivity contribution in [2.75, 3.05) is 5.73 Å². The quantitative estimate of drug-likeness (QED) is 0.537. The predicted molar refractivity (Wildman–Crippen MR) is 118 cm³/mol. The van der Waals surface area contributed by atoms with Gasteiger partial charge in [0.2, 0.25) is 0 Å². The molecule has 1 aliphatic rings. The van der Waals surface area contributed by atoms with Gasteiger partial charge in [0.15, 0.2) is 0 Å². The lowest BCUT2D eigenvalue weighted by Gasteiger charge is -2.23. The van der Waals surface area contributed by atoms with Crippen molar-refractivity contribution in [3.63, 3.8) is 0 Å². The van der Waals surface area contributed by atoms with Crippen LogP contribution in [0.25, 0.3) is 21.8 Å². The minimum Gasteiger partial charge on any atom is -0.383 e. The normalized spacial score (nSPS) is 13.5. The van der Waals surface area contributed by atoms with E-state index in [9.17, 15) is 4.79 Å². The molecular weight excluding hydrogens is 374 g/mol. The Hall–Kier alpha value is -3.85. The third-order valence-corrected chi connectivity index (χ3v) is 5.68. The largest absolute Gasteiger partial charge is 0.383 e. The average molecular weight is 395 g/mol. The van der Waals surface area contributed by atoms with E-state index in [-0.39, 0.29) is 11.9 Å². The number of hydrogen-bond donors (Lipinski definition) is 1. The van der Waals surface area contributed by atoms with Crippen LogP contribution in [0.5, 0.6) is 0 Å². The summed E-state index contributed by atoms with van der Waals surface area (Å²) >= 11 is 0. The number of carbonyl (C=O) groups is 1. The van der Waals surface area contributed by atoms with Crippen LogP contribution in [0.2, 0.25) is 0 Å². The Morgan fingerprint density at radius 3 is 2.70 bits per heavy atom. The molecule has 0 bridgehead atoms. The van der Waals surface area contributed by atoms with Gasteiger partial charge in [0, 0.05) is 36.1 Å². The van der Waals surface area contributed by atoms with Crippen LogP contribution < -0.4 is 5.73 Å². The van der Waals surface area contributed by atoms with E-state index in [0.29, 0.717) is 17.9 Å². The molecule has 2 heterocycles. The van der Waals surface area contributed by atoms with Gasteiger partial charge >= 0.3 is 0 Å². The zero-order chi connectivity index (χ0) is 20.8. The molecule has 5 rings (SSSR count). The van der Waals surface area contributed by atoms with Gasteiger partial charge in [-0.3, -0.25) is 9.48 Å². The highest BCUT2D eigenvalue weighted by Gasteiger charge is 2.33. The summed E-state index contributed by atoms with van der Waals surface area (Å²) in [6.45, 7) is 0.563. The molecule has 4 aromatic rings. The van der Waals surface area contributed by atoms with Gasteiger partial charge in [0.1, 0.15) is 5.82 Å². The number of aromatic nitrogens is 3. The van der Waals surface area contributed by atoms with Gasteiger partial charge in [0.25, 0.3) is 5.91 Å². The second kappa shape index (κ2) is 6.89. The van der Waals surface area contributed by atoms with E-state index in [1.54, 1.807) is 10.9 Å². The first-order chi connectivity index (χ1) is 14.5. The summed E-state index contributed by atoms with van der Waals surface area (Å²) in [5.41, 5.74) is 10.3. The summed E-state index contributed by atoms with van der Waals surface area (Å²) in [5, 5.41) is 5.98. The molecule has 0 saturated heterocycles. The van der Waals surface area contributed by atoms with E-state index in [0.717, 1.165) is 45.8 Å². The Bertz CT molecular complexity index is 1330. The van der Waals surface area contributed by atoms with E-state index in [1.807, 2.05) is 54.4 Å². The maximum atomic E-state index is 13.4. The predicted octanol–water partition coefficient (Wildman–Crippen LogP) is 3.49. The Morgan fingerprint density at radius 2 is 2.00 bits per heavy atom. The van der Waals surface area contributed by atoms with Gasteiger partial charge in [-0.15, -0.1) is 6.42 Å². The van der Waals surface area contributed by atoms with Crippen LogP contribution in [0.15, 0.2) is 48.7 Å². The number of pyridine rings is 1. The molecule has 6 heteroatoms. The second-order valence-corrected chi connectivity index (χ2v) is 7.76. The Labute approximate surface area is 174 Å². The molecule has 0 radical (unpaired) electrons. The van der Waals surface area contributed by atoms with Crippen LogP contribution >= 0.6 is 0 Å². The van der Waals surface area contributed by atoms with Crippen molar-refractivity contribution in [2.45, 2.75) is 25.4 Å². The fourth-order valence-corrected chi connectivity index (χ4v) is 3.91. The second-order valence-electron chi connectivity index (χ2n) is 7.76. The van der Waals surface area contributed by atoms with Crippen molar-refractivity contribution >= 4 is 33.5 Å². The maximum Gasteiger partial charge on any atom is 0.254 e. The first-order valence-electron chi connectivity index (χ1n) is 9.92. The van der Waals surface area contributed by atoms with Gasteiger partial charge in [-0.25, -0.2) is 4.98 Å². The monoisotopic (exact) mass is 395 g/mol. The standard InChI is InChI=1S/C24H21N5O/c1-3-15-4-6-16(7-5-15)14-29(18-9-10-18)24(30)17-8-11-21-19(12-17)22-20(23(25)27-21)13-26-28(22)2/h1,4-8,11-13,18H,9-10,14H2,2H3,(H2,25,27). The highest BCUT2D eigenvalue weighted by Crippen LogP contribution is 2.32. The third kappa shape index (κ3) is 3.05. The molecule has 2 aromatic carbocycles. The molecule has 30 heavy (non-hydrogen) atoms. The van der Waals surface area contributed by atoms with E-state index in [1.165, 1.54) is 0 Å². The SMILES string of the molecule is C#Cc1ccc(CN(C(=O)c2ccc3nc(N)c4cnn(C)c4c3c2)C2CC2)cc1. The molecule has 0 unspecified atom stereocenters.